The largest absolute Gasteiger partial charge is 0.465 e. The first kappa shape index (κ1) is 13.1. The zero-order valence-electron chi connectivity index (χ0n) is 10.0. The second-order valence-electron chi connectivity index (χ2n) is 3.68. The van der Waals surface area contributed by atoms with Crippen LogP contribution >= 0.6 is 0 Å². The van der Waals surface area contributed by atoms with Gasteiger partial charge in [-0.25, -0.2) is 4.79 Å². The highest BCUT2D eigenvalue weighted by atomic mass is 16.5. The van der Waals surface area contributed by atoms with Gasteiger partial charge < -0.3 is 4.74 Å². The van der Waals surface area contributed by atoms with Gasteiger partial charge in [-0.3, -0.25) is 9.88 Å². The standard InChI is InChI=1S/C12H15N3O2/c1-15(7-3-6-13)9-11-5-4-10(8-14-11)12(16)17-2/h4-5,8H,3,7,9H2,1-2H3. The van der Waals surface area contributed by atoms with Crippen LogP contribution in [0.5, 0.6) is 0 Å². The fraction of sp³-hybridized carbons (Fsp3) is 0.417. The Bertz CT molecular complexity index is 409. The van der Waals surface area contributed by atoms with E-state index in [4.69, 9.17) is 5.26 Å². The van der Waals surface area contributed by atoms with E-state index in [1.807, 2.05) is 11.9 Å². The van der Waals surface area contributed by atoms with Crippen molar-refractivity contribution in [3.05, 3.63) is 29.6 Å². The Kier molecular flexibility index (Phi) is 5.11. The highest BCUT2D eigenvalue weighted by Crippen LogP contribution is 2.04. The van der Waals surface area contributed by atoms with Crippen molar-refractivity contribution in [3.63, 3.8) is 0 Å². The molecule has 0 unspecified atom stereocenters. The van der Waals surface area contributed by atoms with E-state index in [1.165, 1.54) is 13.3 Å². The third-order valence-electron chi connectivity index (χ3n) is 2.28. The second kappa shape index (κ2) is 6.61. The number of hydrogen-bond acceptors (Lipinski definition) is 5. The molecule has 1 rings (SSSR count). The third kappa shape index (κ3) is 4.21. The molecule has 0 saturated heterocycles. The van der Waals surface area contributed by atoms with Gasteiger partial charge in [-0.1, -0.05) is 0 Å². The van der Waals surface area contributed by atoms with Gasteiger partial charge in [-0.05, 0) is 19.2 Å². The molecule has 5 nitrogen and oxygen atoms in total. The molecule has 0 N–H and O–H groups in total. The summed E-state index contributed by atoms with van der Waals surface area (Å²) in [4.78, 5) is 17.4. The van der Waals surface area contributed by atoms with E-state index in [9.17, 15) is 4.79 Å². The van der Waals surface area contributed by atoms with E-state index in [2.05, 4.69) is 15.8 Å². The molecule has 0 bridgehead atoms. The van der Waals surface area contributed by atoms with Crippen LogP contribution in [0.1, 0.15) is 22.5 Å². The molecule has 0 atom stereocenters. The number of methoxy groups -OCH3 is 1. The number of nitriles is 1. The molecule has 0 amide bonds. The molecular weight excluding hydrogens is 218 g/mol. The van der Waals surface area contributed by atoms with Crippen molar-refractivity contribution in [2.75, 3.05) is 20.7 Å². The molecule has 1 heterocycles. The number of ether oxygens (including phenoxy) is 1. The van der Waals surface area contributed by atoms with E-state index in [1.54, 1.807) is 12.1 Å². The number of pyridine rings is 1. The van der Waals surface area contributed by atoms with Crippen LogP contribution in [0.2, 0.25) is 0 Å². The molecule has 1 aromatic heterocycles. The second-order valence-corrected chi connectivity index (χ2v) is 3.68. The summed E-state index contributed by atoms with van der Waals surface area (Å²) in [7, 11) is 3.26. The lowest BCUT2D eigenvalue weighted by molar-refractivity contribution is 0.0600. The van der Waals surface area contributed by atoms with Gasteiger partial charge in [0.25, 0.3) is 0 Å². The number of esters is 1. The average molecular weight is 233 g/mol. The average Bonchev–Trinajstić information content (AvgIpc) is 2.36. The monoisotopic (exact) mass is 233 g/mol. The highest BCUT2D eigenvalue weighted by molar-refractivity contribution is 5.88. The molecule has 1 aromatic rings. The minimum atomic E-state index is -0.387. The van der Waals surface area contributed by atoms with Crippen LogP contribution in [0, 0.1) is 11.3 Å². The Morgan fingerprint density at radius 1 is 1.59 bits per heavy atom. The maximum Gasteiger partial charge on any atom is 0.339 e. The molecule has 0 aliphatic carbocycles. The van der Waals surface area contributed by atoms with Crippen LogP contribution in [0.4, 0.5) is 0 Å². The van der Waals surface area contributed by atoms with Gasteiger partial charge in [-0.2, -0.15) is 5.26 Å². The molecule has 17 heavy (non-hydrogen) atoms. The minimum absolute atomic E-state index is 0.387. The van der Waals surface area contributed by atoms with Crippen LogP contribution in [0.15, 0.2) is 18.3 Å². The fourth-order valence-electron chi connectivity index (χ4n) is 1.35. The number of rotatable bonds is 5. The van der Waals surface area contributed by atoms with Crippen molar-refractivity contribution in [3.8, 4) is 6.07 Å². The molecule has 0 aliphatic heterocycles. The minimum Gasteiger partial charge on any atom is -0.465 e. The number of carbonyl (C=O) groups is 1. The Morgan fingerprint density at radius 2 is 2.35 bits per heavy atom. The van der Waals surface area contributed by atoms with E-state index in [0.29, 0.717) is 25.1 Å². The van der Waals surface area contributed by atoms with Crippen LogP contribution in [-0.2, 0) is 11.3 Å². The van der Waals surface area contributed by atoms with Crippen LogP contribution in [0.3, 0.4) is 0 Å². The zero-order valence-corrected chi connectivity index (χ0v) is 10.0. The molecule has 0 saturated carbocycles. The Morgan fingerprint density at radius 3 is 2.88 bits per heavy atom. The van der Waals surface area contributed by atoms with E-state index in [-0.39, 0.29) is 5.97 Å². The van der Waals surface area contributed by atoms with Gasteiger partial charge in [0.15, 0.2) is 0 Å². The summed E-state index contributed by atoms with van der Waals surface area (Å²) in [5, 5.41) is 8.46. The maximum absolute atomic E-state index is 11.2. The van der Waals surface area contributed by atoms with Gasteiger partial charge >= 0.3 is 5.97 Å². The highest BCUT2D eigenvalue weighted by Gasteiger charge is 2.06. The number of nitrogens with zero attached hydrogens (tertiary/aromatic N) is 3. The van der Waals surface area contributed by atoms with Crippen molar-refractivity contribution in [2.24, 2.45) is 0 Å². The summed E-state index contributed by atoms with van der Waals surface area (Å²) >= 11 is 0. The lowest BCUT2D eigenvalue weighted by Gasteiger charge is -2.13. The first-order chi connectivity index (χ1) is 8.17. The van der Waals surface area contributed by atoms with Crippen LogP contribution < -0.4 is 0 Å². The van der Waals surface area contributed by atoms with Crippen molar-refractivity contribution < 1.29 is 9.53 Å². The van der Waals surface area contributed by atoms with E-state index < -0.39 is 0 Å². The predicted octanol–water partition coefficient (Wildman–Crippen LogP) is 1.21. The van der Waals surface area contributed by atoms with E-state index in [0.717, 1.165) is 5.69 Å². The summed E-state index contributed by atoms with van der Waals surface area (Å²) in [5.74, 6) is -0.387. The first-order valence-corrected chi connectivity index (χ1v) is 5.26. The van der Waals surface area contributed by atoms with Gasteiger partial charge in [0, 0.05) is 25.7 Å². The lowest BCUT2D eigenvalue weighted by Crippen LogP contribution is -2.19. The van der Waals surface area contributed by atoms with E-state index >= 15 is 0 Å². The molecule has 0 radical (unpaired) electrons. The Hall–Kier alpha value is -1.93. The number of carbonyl (C=O) groups excluding carboxylic acids is 1. The lowest BCUT2D eigenvalue weighted by atomic mass is 10.2. The summed E-state index contributed by atoms with van der Waals surface area (Å²) in [6.07, 6.45) is 2.00. The Balaban J connectivity index is 2.56. The van der Waals surface area contributed by atoms with Crippen molar-refractivity contribution in [1.29, 1.82) is 5.26 Å². The summed E-state index contributed by atoms with van der Waals surface area (Å²) in [6.45, 7) is 1.36. The molecule has 0 aliphatic rings. The summed E-state index contributed by atoms with van der Waals surface area (Å²) in [6, 6.07) is 5.57. The molecule has 0 aromatic carbocycles. The predicted molar refractivity (Wildman–Crippen MR) is 62.1 cm³/mol. The fourth-order valence-corrected chi connectivity index (χ4v) is 1.35. The molecule has 0 fully saturated rings. The van der Waals surface area contributed by atoms with Crippen molar-refractivity contribution in [2.45, 2.75) is 13.0 Å². The van der Waals surface area contributed by atoms with Crippen molar-refractivity contribution in [1.82, 2.24) is 9.88 Å². The number of hydrogen-bond donors (Lipinski definition) is 0. The van der Waals surface area contributed by atoms with Gasteiger partial charge in [0.2, 0.25) is 0 Å². The maximum atomic E-state index is 11.2. The SMILES string of the molecule is COC(=O)c1ccc(CN(C)CCC#N)nc1. The molecule has 0 spiro atoms. The Labute approximate surface area is 101 Å². The molecule has 90 valence electrons. The normalized spacial score (nSPS) is 10.0. The van der Waals surface area contributed by atoms with Crippen LogP contribution in [-0.4, -0.2) is 36.6 Å². The van der Waals surface area contributed by atoms with Crippen molar-refractivity contribution >= 4 is 5.97 Å². The summed E-state index contributed by atoms with van der Waals surface area (Å²) < 4.78 is 4.58. The number of aromatic nitrogens is 1. The topological polar surface area (TPSA) is 66.2 Å². The van der Waals surface area contributed by atoms with Gasteiger partial charge in [-0.15, -0.1) is 0 Å². The summed E-state index contributed by atoms with van der Waals surface area (Å²) in [5.41, 5.74) is 1.30. The van der Waals surface area contributed by atoms with Gasteiger partial charge in [0.1, 0.15) is 0 Å². The van der Waals surface area contributed by atoms with Crippen LogP contribution in [0.25, 0.3) is 0 Å². The first-order valence-electron chi connectivity index (χ1n) is 5.26. The third-order valence-corrected chi connectivity index (χ3v) is 2.28. The molecular formula is C12H15N3O2. The van der Waals surface area contributed by atoms with Gasteiger partial charge in [0.05, 0.1) is 24.4 Å². The smallest absolute Gasteiger partial charge is 0.339 e. The molecule has 5 heteroatoms. The quantitative estimate of drug-likeness (QED) is 0.715. The zero-order chi connectivity index (χ0) is 12.7.